The molecule has 0 aliphatic heterocycles. The van der Waals surface area contributed by atoms with Crippen LogP contribution in [0.15, 0.2) is 29.2 Å². The molecule has 1 aromatic carbocycles. The molecule has 4 heteroatoms. The van der Waals surface area contributed by atoms with Crippen molar-refractivity contribution in [2.45, 2.75) is 62.8 Å². The van der Waals surface area contributed by atoms with E-state index in [2.05, 4.69) is 12.2 Å². The second kappa shape index (κ2) is 9.21. The minimum Gasteiger partial charge on any atom is -0.313 e. The standard InChI is InChI=1S/C17H29NO2S/c1-4-5-6-7-8-9-13-17(18-2)15-11-10-12-16(14-15)21(3,19)20/h10-12,14,17-18H,4-9,13H2,1-3H3. The number of rotatable bonds is 10. The third-order valence-corrected chi connectivity index (χ3v) is 4.99. The van der Waals surface area contributed by atoms with Crippen LogP contribution in [0.4, 0.5) is 0 Å². The van der Waals surface area contributed by atoms with E-state index in [0.717, 1.165) is 12.0 Å². The van der Waals surface area contributed by atoms with E-state index < -0.39 is 9.84 Å². The first-order valence-electron chi connectivity index (χ1n) is 7.96. The minimum atomic E-state index is -3.13. The van der Waals surface area contributed by atoms with Crippen LogP contribution < -0.4 is 5.32 Å². The quantitative estimate of drug-likeness (QED) is 0.662. The predicted molar refractivity (Wildman–Crippen MR) is 89.3 cm³/mol. The summed E-state index contributed by atoms with van der Waals surface area (Å²) in [6, 6.07) is 7.53. The third-order valence-electron chi connectivity index (χ3n) is 3.88. The molecule has 0 bridgehead atoms. The Labute approximate surface area is 130 Å². The molecule has 0 aliphatic rings. The van der Waals surface area contributed by atoms with Gasteiger partial charge in [-0.25, -0.2) is 8.42 Å². The predicted octanol–water partition coefficient (Wildman–Crippen LogP) is 4.10. The summed E-state index contributed by atoms with van der Waals surface area (Å²) in [4.78, 5) is 0.406. The SMILES string of the molecule is CCCCCCCCC(NC)c1cccc(S(C)(=O)=O)c1. The Kier molecular flexibility index (Phi) is 7.97. The summed E-state index contributed by atoms with van der Waals surface area (Å²) < 4.78 is 23.3. The fourth-order valence-electron chi connectivity index (χ4n) is 2.57. The van der Waals surface area contributed by atoms with Crippen molar-refractivity contribution >= 4 is 9.84 Å². The number of benzene rings is 1. The summed E-state index contributed by atoms with van der Waals surface area (Å²) in [5.41, 5.74) is 1.06. The minimum absolute atomic E-state index is 0.234. The van der Waals surface area contributed by atoms with Crippen molar-refractivity contribution in [2.75, 3.05) is 13.3 Å². The normalized spacial score (nSPS) is 13.3. The van der Waals surface area contributed by atoms with Gasteiger partial charge >= 0.3 is 0 Å². The summed E-state index contributed by atoms with van der Waals surface area (Å²) in [6.45, 7) is 2.23. The Morgan fingerprint density at radius 1 is 1.10 bits per heavy atom. The van der Waals surface area contributed by atoms with Crippen molar-refractivity contribution in [3.63, 3.8) is 0 Å². The van der Waals surface area contributed by atoms with Crippen LogP contribution in [0.5, 0.6) is 0 Å². The molecule has 0 aromatic heterocycles. The summed E-state index contributed by atoms with van der Waals surface area (Å²) in [5.74, 6) is 0. The van der Waals surface area contributed by atoms with Gasteiger partial charge in [0.05, 0.1) is 4.90 Å². The van der Waals surface area contributed by atoms with Gasteiger partial charge in [0.15, 0.2) is 9.84 Å². The Bertz CT molecular complexity index is 511. The molecule has 120 valence electrons. The van der Waals surface area contributed by atoms with Crippen LogP contribution >= 0.6 is 0 Å². The van der Waals surface area contributed by atoms with Gasteiger partial charge in [0, 0.05) is 12.3 Å². The van der Waals surface area contributed by atoms with Gasteiger partial charge in [0.25, 0.3) is 0 Å². The third kappa shape index (κ3) is 6.62. The molecular formula is C17H29NO2S. The first-order valence-corrected chi connectivity index (χ1v) is 9.85. The summed E-state index contributed by atoms with van der Waals surface area (Å²) in [6.07, 6.45) is 9.97. The molecule has 0 saturated heterocycles. The van der Waals surface area contributed by atoms with Gasteiger partial charge in [-0.05, 0) is 31.2 Å². The lowest BCUT2D eigenvalue weighted by Gasteiger charge is -2.17. The van der Waals surface area contributed by atoms with Crippen LogP contribution in [0, 0.1) is 0 Å². The lowest BCUT2D eigenvalue weighted by atomic mass is 10.00. The van der Waals surface area contributed by atoms with E-state index in [1.165, 1.54) is 44.8 Å². The first kappa shape index (κ1) is 18.2. The zero-order chi connectivity index (χ0) is 15.7. The average Bonchev–Trinajstić information content (AvgIpc) is 2.46. The first-order chi connectivity index (χ1) is 9.99. The molecule has 3 nitrogen and oxygen atoms in total. The molecule has 1 aromatic rings. The molecule has 1 atom stereocenters. The number of unbranched alkanes of at least 4 members (excludes halogenated alkanes) is 5. The van der Waals surface area contributed by atoms with Crippen LogP contribution in [0.1, 0.15) is 63.5 Å². The average molecular weight is 311 g/mol. The van der Waals surface area contributed by atoms with E-state index in [4.69, 9.17) is 0 Å². The summed E-state index contributed by atoms with van der Waals surface area (Å²) in [5, 5.41) is 3.30. The Morgan fingerprint density at radius 2 is 1.76 bits per heavy atom. The Balaban J connectivity index is 2.56. The fraction of sp³-hybridized carbons (Fsp3) is 0.647. The van der Waals surface area contributed by atoms with Gasteiger partial charge in [0.1, 0.15) is 0 Å². The van der Waals surface area contributed by atoms with Gasteiger partial charge in [0.2, 0.25) is 0 Å². The highest BCUT2D eigenvalue weighted by atomic mass is 32.2. The second-order valence-corrected chi connectivity index (χ2v) is 7.76. The molecule has 0 aliphatic carbocycles. The van der Waals surface area contributed by atoms with Gasteiger partial charge in [-0.1, -0.05) is 57.6 Å². The number of nitrogens with one attached hydrogen (secondary N) is 1. The molecule has 0 radical (unpaired) electrons. The monoisotopic (exact) mass is 311 g/mol. The van der Waals surface area contributed by atoms with E-state index in [9.17, 15) is 8.42 Å². The van der Waals surface area contributed by atoms with Crippen LogP contribution in [-0.2, 0) is 9.84 Å². The number of hydrogen-bond acceptors (Lipinski definition) is 3. The maximum absolute atomic E-state index is 11.6. The van der Waals surface area contributed by atoms with Crippen LogP contribution in [-0.4, -0.2) is 21.7 Å². The second-order valence-electron chi connectivity index (χ2n) is 5.74. The molecule has 0 fully saturated rings. The van der Waals surface area contributed by atoms with E-state index in [0.29, 0.717) is 4.90 Å². The van der Waals surface area contributed by atoms with E-state index in [1.54, 1.807) is 12.1 Å². The molecule has 0 saturated carbocycles. The smallest absolute Gasteiger partial charge is 0.175 e. The Hall–Kier alpha value is -0.870. The Morgan fingerprint density at radius 3 is 2.38 bits per heavy atom. The number of sulfone groups is 1. The molecule has 0 spiro atoms. The van der Waals surface area contributed by atoms with Crippen molar-refractivity contribution < 1.29 is 8.42 Å². The zero-order valence-electron chi connectivity index (χ0n) is 13.6. The van der Waals surface area contributed by atoms with Crippen molar-refractivity contribution in [3.8, 4) is 0 Å². The van der Waals surface area contributed by atoms with E-state index >= 15 is 0 Å². The maximum atomic E-state index is 11.6. The van der Waals surface area contributed by atoms with Crippen LogP contribution in [0.3, 0.4) is 0 Å². The molecule has 1 rings (SSSR count). The van der Waals surface area contributed by atoms with Crippen LogP contribution in [0.2, 0.25) is 0 Å². The fourth-order valence-corrected chi connectivity index (χ4v) is 3.24. The molecule has 21 heavy (non-hydrogen) atoms. The maximum Gasteiger partial charge on any atom is 0.175 e. The lowest BCUT2D eigenvalue weighted by Crippen LogP contribution is -2.16. The van der Waals surface area contributed by atoms with E-state index in [1.807, 2.05) is 19.2 Å². The van der Waals surface area contributed by atoms with Gasteiger partial charge in [-0.3, -0.25) is 0 Å². The highest BCUT2D eigenvalue weighted by molar-refractivity contribution is 7.90. The summed E-state index contributed by atoms with van der Waals surface area (Å²) in [7, 11) is -1.19. The van der Waals surface area contributed by atoms with Crippen molar-refractivity contribution in [2.24, 2.45) is 0 Å². The molecule has 1 unspecified atom stereocenters. The highest BCUT2D eigenvalue weighted by Gasteiger charge is 2.13. The van der Waals surface area contributed by atoms with Gasteiger partial charge < -0.3 is 5.32 Å². The molecule has 0 amide bonds. The van der Waals surface area contributed by atoms with Gasteiger partial charge in [-0.2, -0.15) is 0 Å². The molecule has 0 heterocycles. The lowest BCUT2D eigenvalue weighted by molar-refractivity contribution is 0.497. The zero-order valence-corrected chi connectivity index (χ0v) is 14.4. The van der Waals surface area contributed by atoms with Crippen LogP contribution in [0.25, 0.3) is 0 Å². The highest BCUT2D eigenvalue weighted by Crippen LogP contribution is 2.22. The molecular weight excluding hydrogens is 282 g/mol. The molecule has 1 N–H and O–H groups in total. The van der Waals surface area contributed by atoms with Crippen molar-refractivity contribution in [1.29, 1.82) is 0 Å². The number of hydrogen-bond donors (Lipinski definition) is 1. The summed E-state index contributed by atoms with van der Waals surface area (Å²) >= 11 is 0. The topological polar surface area (TPSA) is 46.2 Å². The van der Waals surface area contributed by atoms with Crippen molar-refractivity contribution in [1.82, 2.24) is 5.32 Å². The van der Waals surface area contributed by atoms with E-state index in [-0.39, 0.29) is 6.04 Å². The van der Waals surface area contributed by atoms with Crippen molar-refractivity contribution in [3.05, 3.63) is 29.8 Å². The van der Waals surface area contributed by atoms with Gasteiger partial charge in [-0.15, -0.1) is 0 Å². The largest absolute Gasteiger partial charge is 0.313 e.